The second-order valence-corrected chi connectivity index (χ2v) is 5.85. The van der Waals surface area contributed by atoms with Gasteiger partial charge in [0, 0.05) is 19.0 Å². The Balaban J connectivity index is 0.00000324. The van der Waals surface area contributed by atoms with Crippen LogP contribution in [-0.4, -0.2) is 29.9 Å². The fraction of sp³-hybridized carbons (Fsp3) is 0.933. The first-order valence-electron chi connectivity index (χ1n) is 7.66. The summed E-state index contributed by atoms with van der Waals surface area (Å²) in [6.07, 6.45) is 8.81. The first-order chi connectivity index (χ1) is 8.66. The molecule has 0 bridgehead atoms. The topological polar surface area (TPSA) is 46.3 Å². The molecule has 0 spiro atoms. The summed E-state index contributed by atoms with van der Waals surface area (Å²) in [5, 5.41) is 0. The minimum absolute atomic E-state index is 0. The molecular weight excluding hydrogens is 260 g/mol. The normalized spacial score (nSPS) is 19.4. The second-order valence-electron chi connectivity index (χ2n) is 5.85. The third kappa shape index (κ3) is 6.62. The average Bonchev–Trinajstić information content (AvgIpc) is 2.38. The highest BCUT2D eigenvalue weighted by Crippen LogP contribution is 2.24. The van der Waals surface area contributed by atoms with Crippen LogP contribution in [0, 0.1) is 5.92 Å². The van der Waals surface area contributed by atoms with E-state index in [1.54, 1.807) is 0 Å². The van der Waals surface area contributed by atoms with E-state index < -0.39 is 0 Å². The Morgan fingerprint density at radius 2 is 1.89 bits per heavy atom. The molecule has 0 aromatic rings. The van der Waals surface area contributed by atoms with Gasteiger partial charge in [-0.1, -0.05) is 26.7 Å². The molecule has 1 aliphatic rings. The average molecular weight is 291 g/mol. The molecule has 1 aliphatic heterocycles. The minimum Gasteiger partial charge on any atom is -0.339 e. The summed E-state index contributed by atoms with van der Waals surface area (Å²) < 4.78 is 0. The van der Waals surface area contributed by atoms with E-state index in [-0.39, 0.29) is 12.4 Å². The van der Waals surface area contributed by atoms with Gasteiger partial charge in [-0.25, -0.2) is 0 Å². The van der Waals surface area contributed by atoms with E-state index in [0.717, 1.165) is 45.2 Å². The van der Waals surface area contributed by atoms with Gasteiger partial charge in [-0.2, -0.15) is 0 Å². The zero-order chi connectivity index (χ0) is 13.4. The van der Waals surface area contributed by atoms with Crippen molar-refractivity contribution in [3.05, 3.63) is 0 Å². The SMILES string of the molecule is CC(C)C1CCCCN1C(=O)CCCCCCN.Cl. The third-order valence-corrected chi connectivity index (χ3v) is 3.98. The molecule has 0 aromatic heterocycles. The second kappa shape index (κ2) is 10.5. The van der Waals surface area contributed by atoms with Gasteiger partial charge < -0.3 is 10.6 Å². The fourth-order valence-electron chi connectivity index (χ4n) is 2.88. The molecule has 4 heteroatoms. The molecule has 1 saturated heterocycles. The van der Waals surface area contributed by atoms with Crippen molar-refractivity contribution in [3.63, 3.8) is 0 Å². The van der Waals surface area contributed by atoms with E-state index in [2.05, 4.69) is 18.7 Å². The van der Waals surface area contributed by atoms with E-state index in [0.29, 0.717) is 17.9 Å². The minimum atomic E-state index is 0. The van der Waals surface area contributed by atoms with Gasteiger partial charge in [0.25, 0.3) is 0 Å². The standard InChI is InChI=1S/C15H30N2O.ClH/c1-13(2)14-9-6-8-12-17(14)15(18)10-5-3-4-7-11-16;/h13-14H,3-12,16H2,1-2H3;1H. The Morgan fingerprint density at radius 3 is 2.53 bits per heavy atom. The molecule has 1 fully saturated rings. The van der Waals surface area contributed by atoms with Gasteiger partial charge in [0.2, 0.25) is 5.91 Å². The first-order valence-corrected chi connectivity index (χ1v) is 7.66. The maximum absolute atomic E-state index is 12.2. The van der Waals surface area contributed by atoms with Crippen LogP contribution in [0.15, 0.2) is 0 Å². The molecule has 0 saturated carbocycles. The van der Waals surface area contributed by atoms with Crippen molar-refractivity contribution >= 4 is 18.3 Å². The van der Waals surface area contributed by atoms with Crippen LogP contribution in [-0.2, 0) is 4.79 Å². The molecule has 1 rings (SSSR count). The van der Waals surface area contributed by atoms with Crippen molar-refractivity contribution in [3.8, 4) is 0 Å². The number of amides is 1. The summed E-state index contributed by atoms with van der Waals surface area (Å²) in [5.74, 6) is 0.965. The Bertz CT molecular complexity index is 246. The Morgan fingerprint density at radius 1 is 1.21 bits per heavy atom. The highest BCUT2D eigenvalue weighted by atomic mass is 35.5. The summed E-state index contributed by atoms with van der Waals surface area (Å²) in [7, 11) is 0. The van der Waals surface area contributed by atoms with Crippen molar-refractivity contribution < 1.29 is 4.79 Å². The quantitative estimate of drug-likeness (QED) is 0.731. The van der Waals surface area contributed by atoms with Gasteiger partial charge >= 0.3 is 0 Å². The van der Waals surface area contributed by atoms with Crippen LogP contribution in [0.2, 0.25) is 0 Å². The predicted octanol–water partition coefficient (Wildman–Crippen LogP) is 3.35. The number of hydrogen-bond acceptors (Lipinski definition) is 2. The van der Waals surface area contributed by atoms with Crippen LogP contribution >= 0.6 is 12.4 Å². The lowest BCUT2D eigenvalue weighted by molar-refractivity contribution is -0.136. The number of hydrogen-bond donors (Lipinski definition) is 1. The molecule has 1 amide bonds. The number of unbranched alkanes of at least 4 members (excludes halogenated alkanes) is 3. The lowest BCUT2D eigenvalue weighted by Crippen LogP contribution is -2.46. The summed E-state index contributed by atoms with van der Waals surface area (Å²) in [4.78, 5) is 14.4. The molecule has 0 radical (unpaired) electrons. The first kappa shape index (κ1) is 18.7. The van der Waals surface area contributed by atoms with Crippen LogP contribution in [0.3, 0.4) is 0 Å². The van der Waals surface area contributed by atoms with E-state index in [1.165, 1.54) is 19.3 Å². The van der Waals surface area contributed by atoms with E-state index in [9.17, 15) is 4.79 Å². The van der Waals surface area contributed by atoms with E-state index >= 15 is 0 Å². The fourth-order valence-corrected chi connectivity index (χ4v) is 2.88. The van der Waals surface area contributed by atoms with Gasteiger partial charge in [-0.15, -0.1) is 12.4 Å². The summed E-state index contributed by atoms with van der Waals surface area (Å²) in [5.41, 5.74) is 5.46. The van der Waals surface area contributed by atoms with Gasteiger partial charge in [0.15, 0.2) is 0 Å². The highest BCUT2D eigenvalue weighted by molar-refractivity contribution is 5.85. The van der Waals surface area contributed by atoms with Gasteiger partial charge in [-0.3, -0.25) is 4.79 Å². The zero-order valence-corrected chi connectivity index (χ0v) is 13.4. The zero-order valence-electron chi connectivity index (χ0n) is 12.6. The number of nitrogens with two attached hydrogens (primary N) is 1. The molecule has 1 unspecified atom stereocenters. The molecule has 1 atom stereocenters. The van der Waals surface area contributed by atoms with Gasteiger partial charge in [-0.05, 0) is 44.6 Å². The van der Waals surface area contributed by atoms with Crippen LogP contribution in [0.25, 0.3) is 0 Å². The highest BCUT2D eigenvalue weighted by Gasteiger charge is 2.28. The number of halogens is 1. The molecule has 1 heterocycles. The maximum atomic E-state index is 12.2. The Labute approximate surface area is 124 Å². The van der Waals surface area contributed by atoms with Crippen LogP contribution in [0.1, 0.15) is 65.2 Å². The Kier molecular flexibility index (Phi) is 10.3. The molecule has 3 nitrogen and oxygen atoms in total. The van der Waals surface area contributed by atoms with Crippen LogP contribution in [0.5, 0.6) is 0 Å². The largest absolute Gasteiger partial charge is 0.339 e. The summed E-state index contributed by atoms with van der Waals surface area (Å²) in [6.45, 7) is 6.22. The number of likely N-dealkylation sites (tertiary alicyclic amines) is 1. The van der Waals surface area contributed by atoms with Gasteiger partial charge in [0.05, 0.1) is 0 Å². The van der Waals surface area contributed by atoms with Crippen LogP contribution in [0.4, 0.5) is 0 Å². The molecule has 2 N–H and O–H groups in total. The lowest BCUT2D eigenvalue weighted by atomic mass is 9.92. The number of carbonyl (C=O) groups excluding carboxylic acids is 1. The summed E-state index contributed by atoms with van der Waals surface area (Å²) in [6, 6.07) is 0.482. The molecule has 0 aromatic carbocycles. The number of nitrogens with zero attached hydrogens (tertiary/aromatic N) is 1. The summed E-state index contributed by atoms with van der Waals surface area (Å²) >= 11 is 0. The molecule has 19 heavy (non-hydrogen) atoms. The van der Waals surface area contributed by atoms with Crippen molar-refractivity contribution in [1.82, 2.24) is 4.90 Å². The lowest BCUT2D eigenvalue weighted by Gasteiger charge is -2.38. The number of piperidine rings is 1. The molecule has 0 aliphatic carbocycles. The van der Waals surface area contributed by atoms with Crippen molar-refractivity contribution in [1.29, 1.82) is 0 Å². The van der Waals surface area contributed by atoms with E-state index in [1.807, 2.05) is 0 Å². The Hall–Kier alpha value is -0.280. The van der Waals surface area contributed by atoms with E-state index in [4.69, 9.17) is 5.73 Å². The number of rotatable bonds is 7. The molecular formula is C15H31ClN2O. The number of carbonyl (C=O) groups is 1. The van der Waals surface area contributed by atoms with Crippen molar-refractivity contribution in [2.45, 2.75) is 71.3 Å². The molecule has 114 valence electrons. The third-order valence-electron chi connectivity index (χ3n) is 3.98. The monoisotopic (exact) mass is 290 g/mol. The van der Waals surface area contributed by atoms with Crippen molar-refractivity contribution in [2.24, 2.45) is 11.7 Å². The predicted molar refractivity (Wildman–Crippen MR) is 83.6 cm³/mol. The maximum Gasteiger partial charge on any atom is 0.222 e. The van der Waals surface area contributed by atoms with Crippen molar-refractivity contribution in [2.75, 3.05) is 13.1 Å². The smallest absolute Gasteiger partial charge is 0.222 e. The van der Waals surface area contributed by atoms with Crippen LogP contribution < -0.4 is 5.73 Å². The van der Waals surface area contributed by atoms with Gasteiger partial charge in [0.1, 0.15) is 0 Å².